The number of ether oxygens (including phenoxy) is 2. The third-order valence-corrected chi connectivity index (χ3v) is 3.47. The van der Waals surface area contributed by atoms with Crippen LogP contribution in [0.15, 0.2) is 42.5 Å². The first-order valence-electron chi connectivity index (χ1n) is 7.10. The molecule has 2 aromatic carbocycles. The lowest BCUT2D eigenvalue weighted by atomic mass is 10.2. The fourth-order valence-corrected chi connectivity index (χ4v) is 2.22. The van der Waals surface area contributed by atoms with E-state index in [1.807, 2.05) is 6.92 Å². The molecule has 2 aromatic rings. The number of amides is 1. The highest BCUT2D eigenvalue weighted by atomic mass is 35.5. The second-order valence-electron chi connectivity index (χ2n) is 4.81. The summed E-state index contributed by atoms with van der Waals surface area (Å²) in [6, 6.07) is 10.5. The van der Waals surface area contributed by atoms with E-state index >= 15 is 0 Å². The Morgan fingerprint density at radius 2 is 1.96 bits per heavy atom. The molecule has 0 heterocycles. The van der Waals surface area contributed by atoms with Gasteiger partial charge in [-0.3, -0.25) is 4.79 Å². The number of rotatable bonds is 6. The number of hydrogen-bond acceptors (Lipinski definition) is 3. The largest absolute Gasteiger partial charge is 0.495 e. The highest BCUT2D eigenvalue weighted by molar-refractivity contribution is 6.32. The van der Waals surface area contributed by atoms with Gasteiger partial charge in [0.25, 0.3) is 5.91 Å². The minimum atomic E-state index is -0.693. The van der Waals surface area contributed by atoms with Crippen LogP contribution in [-0.4, -0.2) is 19.1 Å². The first-order valence-corrected chi connectivity index (χ1v) is 7.48. The van der Waals surface area contributed by atoms with Crippen LogP contribution >= 0.6 is 11.6 Å². The zero-order chi connectivity index (χ0) is 16.8. The van der Waals surface area contributed by atoms with Crippen LogP contribution in [0.2, 0.25) is 5.02 Å². The third kappa shape index (κ3) is 4.60. The van der Waals surface area contributed by atoms with Crippen LogP contribution in [-0.2, 0) is 4.79 Å². The monoisotopic (exact) mass is 337 g/mol. The topological polar surface area (TPSA) is 47.6 Å². The molecule has 0 bridgehead atoms. The van der Waals surface area contributed by atoms with Crippen LogP contribution in [0.25, 0.3) is 0 Å². The molecule has 0 spiro atoms. The van der Waals surface area contributed by atoms with E-state index in [0.717, 1.165) is 0 Å². The molecular weight excluding hydrogens is 321 g/mol. The number of halogens is 2. The highest BCUT2D eigenvalue weighted by Crippen LogP contribution is 2.27. The molecule has 1 amide bonds. The van der Waals surface area contributed by atoms with E-state index in [0.29, 0.717) is 28.6 Å². The minimum Gasteiger partial charge on any atom is -0.495 e. The van der Waals surface area contributed by atoms with Crippen LogP contribution in [0.3, 0.4) is 0 Å². The van der Waals surface area contributed by atoms with Crippen molar-refractivity contribution in [1.82, 2.24) is 0 Å². The van der Waals surface area contributed by atoms with Crippen molar-refractivity contribution in [3.63, 3.8) is 0 Å². The SMILES string of the molecule is CCC(Oc1ccc(F)cc1)C(=O)Nc1ccc(OC)c(Cl)c1. The van der Waals surface area contributed by atoms with Crippen molar-refractivity contribution < 1.29 is 18.7 Å². The van der Waals surface area contributed by atoms with Gasteiger partial charge >= 0.3 is 0 Å². The van der Waals surface area contributed by atoms with Crippen LogP contribution < -0.4 is 14.8 Å². The van der Waals surface area contributed by atoms with Gasteiger partial charge in [-0.25, -0.2) is 4.39 Å². The van der Waals surface area contributed by atoms with Gasteiger partial charge in [0, 0.05) is 5.69 Å². The van der Waals surface area contributed by atoms with Gasteiger partial charge in [-0.05, 0) is 48.9 Å². The Hall–Kier alpha value is -2.27. The normalized spacial score (nSPS) is 11.7. The molecule has 0 aliphatic heterocycles. The zero-order valence-corrected chi connectivity index (χ0v) is 13.6. The summed E-state index contributed by atoms with van der Waals surface area (Å²) in [5.41, 5.74) is 0.543. The second kappa shape index (κ2) is 7.83. The maximum absolute atomic E-state index is 12.9. The van der Waals surface area contributed by atoms with Crippen LogP contribution in [0.4, 0.5) is 10.1 Å². The fraction of sp³-hybridized carbons (Fsp3) is 0.235. The van der Waals surface area contributed by atoms with Crippen molar-refractivity contribution in [2.75, 3.05) is 12.4 Å². The van der Waals surface area contributed by atoms with E-state index in [1.165, 1.54) is 31.4 Å². The number of anilines is 1. The molecule has 1 unspecified atom stereocenters. The maximum Gasteiger partial charge on any atom is 0.265 e. The van der Waals surface area contributed by atoms with Gasteiger partial charge in [0.05, 0.1) is 12.1 Å². The van der Waals surface area contributed by atoms with E-state index in [4.69, 9.17) is 21.1 Å². The number of carbonyl (C=O) groups is 1. The average molecular weight is 338 g/mol. The number of methoxy groups -OCH3 is 1. The predicted octanol–water partition coefficient (Wildman–Crippen LogP) is 4.28. The Morgan fingerprint density at radius 3 is 2.52 bits per heavy atom. The summed E-state index contributed by atoms with van der Waals surface area (Å²) >= 11 is 6.03. The fourth-order valence-electron chi connectivity index (χ4n) is 1.97. The van der Waals surface area contributed by atoms with E-state index in [1.54, 1.807) is 18.2 Å². The Balaban J connectivity index is 2.04. The molecule has 23 heavy (non-hydrogen) atoms. The molecule has 4 nitrogen and oxygen atoms in total. The molecule has 122 valence electrons. The number of benzene rings is 2. The zero-order valence-electron chi connectivity index (χ0n) is 12.8. The molecule has 0 saturated heterocycles. The van der Waals surface area contributed by atoms with Crippen LogP contribution in [0.5, 0.6) is 11.5 Å². The lowest BCUT2D eigenvalue weighted by Gasteiger charge is -2.17. The summed E-state index contributed by atoms with van der Waals surface area (Å²) in [4.78, 5) is 12.3. The Morgan fingerprint density at radius 1 is 1.26 bits per heavy atom. The molecule has 0 saturated carbocycles. The first-order chi connectivity index (χ1) is 11.0. The van der Waals surface area contributed by atoms with Crippen molar-refractivity contribution in [2.24, 2.45) is 0 Å². The highest BCUT2D eigenvalue weighted by Gasteiger charge is 2.19. The van der Waals surface area contributed by atoms with Crippen molar-refractivity contribution >= 4 is 23.2 Å². The van der Waals surface area contributed by atoms with Gasteiger partial charge in [0.1, 0.15) is 17.3 Å². The molecular formula is C17H17ClFNO3. The van der Waals surface area contributed by atoms with Gasteiger partial charge in [-0.2, -0.15) is 0 Å². The van der Waals surface area contributed by atoms with Crippen molar-refractivity contribution in [1.29, 1.82) is 0 Å². The maximum atomic E-state index is 12.9. The minimum absolute atomic E-state index is 0.307. The van der Waals surface area contributed by atoms with Crippen molar-refractivity contribution in [3.05, 3.63) is 53.3 Å². The standard InChI is InChI=1S/C17H17ClFNO3/c1-3-15(23-13-7-4-11(19)5-8-13)17(21)20-12-6-9-16(22-2)14(18)10-12/h4-10,15H,3H2,1-2H3,(H,20,21). The van der Waals surface area contributed by atoms with Gasteiger partial charge in [0.15, 0.2) is 6.10 Å². The number of nitrogens with one attached hydrogen (secondary N) is 1. The summed E-state index contributed by atoms with van der Waals surface area (Å²) in [5, 5.41) is 3.14. The average Bonchev–Trinajstić information content (AvgIpc) is 2.54. The Bertz CT molecular complexity index is 676. The molecule has 0 aliphatic carbocycles. The van der Waals surface area contributed by atoms with E-state index in [-0.39, 0.29) is 11.7 Å². The predicted molar refractivity (Wildman–Crippen MR) is 87.7 cm³/mol. The Kier molecular flexibility index (Phi) is 5.82. The third-order valence-electron chi connectivity index (χ3n) is 3.17. The summed E-state index contributed by atoms with van der Waals surface area (Å²) < 4.78 is 23.5. The van der Waals surface area contributed by atoms with Gasteiger partial charge < -0.3 is 14.8 Å². The molecule has 2 rings (SSSR count). The summed E-state index contributed by atoms with van der Waals surface area (Å²) in [6.07, 6.45) is -0.228. The Labute approximate surface area is 139 Å². The second-order valence-corrected chi connectivity index (χ2v) is 5.21. The van der Waals surface area contributed by atoms with Gasteiger partial charge in [-0.1, -0.05) is 18.5 Å². The summed E-state index contributed by atoms with van der Waals surface area (Å²) in [5.74, 6) is 0.293. The van der Waals surface area contributed by atoms with E-state index in [2.05, 4.69) is 5.32 Å². The molecule has 6 heteroatoms. The summed E-state index contributed by atoms with van der Waals surface area (Å²) in [7, 11) is 1.52. The lowest BCUT2D eigenvalue weighted by Crippen LogP contribution is -2.32. The smallest absolute Gasteiger partial charge is 0.265 e. The molecule has 1 N–H and O–H groups in total. The van der Waals surface area contributed by atoms with Crippen LogP contribution in [0.1, 0.15) is 13.3 Å². The lowest BCUT2D eigenvalue weighted by molar-refractivity contribution is -0.122. The molecule has 1 atom stereocenters. The molecule has 0 fully saturated rings. The summed E-state index contributed by atoms with van der Waals surface area (Å²) in [6.45, 7) is 1.83. The van der Waals surface area contributed by atoms with E-state index < -0.39 is 6.10 Å². The van der Waals surface area contributed by atoms with Gasteiger partial charge in [0.2, 0.25) is 0 Å². The van der Waals surface area contributed by atoms with Crippen molar-refractivity contribution in [3.8, 4) is 11.5 Å². The van der Waals surface area contributed by atoms with E-state index in [9.17, 15) is 9.18 Å². The number of carbonyl (C=O) groups excluding carboxylic acids is 1. The van der Waals surface area contributed by atoms with Crippen LogP contribution in [0, 0.1) is 5.82 Å². The molecule has 0 aliphatic rings. The first kappa shape index (κ1) is 17.1. The number of hydrogen-bond donors (Lipinski definition) is 1. The quantitative estimate of drug-likeness (QED) is 0.855. The van der Waals surface area contributed by atoms with Crippen molar-refractivity contribution in [2.45, 2.75) is 19.4 Å². The molecule has 0 aromatic heterocycles. The van der Waals surface area contributed by atoms with Gasteiger partial charge in [-0.15, -0.1) is 0 Å². The molecule has 0 radical (unpaired) electrons.